The van der Waals surface area contributed by atoms with E-state index in [1.54, 1.807) is 0 Å². The minimum absolute atomic E-state index is 1.05. The minimum Gasteiger partial charge on any atom is -0.391 e. The van der Waals surface area contributed by atoms with Gasteiger partial charge in [-0.05, 0) is 57.6 Å². The van der Waals surface area contributed by atoms with Gasteiger partial charge in [-0.1, -0.05) is 75.6 Å². The number of hydrogen-bond acceptors (Lipinski definition) is 1. The molecule has 23 heavy (non-hydrogen) atoms. The van der Waals surface area contributed by atoms with Gasteiger partial charge in [0.05, 0.1) is 0 Å². The van der Waals surface area contributed by atoms with Crippen molar-refractivity contribution in [3.05, 3.63) is 48.7 Å². The zero-order chi connectivity index (χ0) is 17.2. The number of hydrogen-bond donors (Lipinski definition) is 1. The van der Waals surface area contributed by atoms with Crippen molar-refractivity contribution >= 4 is 0 Å². The van der Waals surface area contributed by atoms with E-state index in [1.807, 2.05) is 0 Å². The van der Waals surface area contributed by atoms with Gasteiger partial charge in [-0.2, -0.15) is 0 Å². The molecule has 0 heterocycles. The van der Waals surface area contributed by atoms with E-state index in [4.69, 9.17) is 0 Å². The van der Waals surface area contributed by atoms with Gasteiger partial charge in [0.15, 0.2) is 0 Å². The molecule has 0 aromatic heterocycles. The molecule has 0 aliphatic carbocycles. The Morgan fingerprint density at radius 2 is 1.35 bits per heavy atom. The molecule has 0 saturated carbocycles. The van der Waals surface area contributed by atoms with Gasteiger partial charge in [0, 0.05) is 6.54 Å². The third kappa shape index (κ3) is 15.4. The molecule has 0 fully saturated rings. The van der Waals surface area contributed by atoms with E-state index in [2.05, 4.69) is 56.8 Å². The van der Waals surface area contributed by atoms with E-state index in [9.17, 15) is 0 Å². The predicted molar refractivity (Wildman–Crippen MR) is 107 cm³/mol. The van der Waals surface area contributed by atoms with Gasteiger partial charge in [0.25, 0.3) is 0 Å². The minimum atomic E-state index is 1.05. The van der Waals surface area contributed by atoms with E-state index in [-0.39, 0.29) is 0 Å². The molecule has 0 spiro atoms. The van der Waals surface area contributed by atoms with Crippen molar-refractivity contribution in [2.45, 2.75) is 84.5 Å². The molecule has 0 aliphatic rings. The third-order valence-electron chi connectivity index (χ3n) is 3.99. The highest BCUT2D eigenvalue weighted by Gasteiger charge is 2.00. The molecule has 0 atom stereocenters. The Bertz CT molecular complexity index is 349. The SMILES string of the molecule is C=C(CCCCC)C(=C)CCCCN/C=C\CC/C=C\CCC. The van der Waals surface area contributed by atoms with Crippen LogP contribution in [-0.2, 0) is 0 Å². The van der Waals surface area contributed by atoms with Gasteiger partial charge in [-0.25, -0.2) is 0 Å². The summed E-state index contributed by atoms with van der Waals surface area (Å²) in [7, 11) is 0. The number of allylic oxidation sites excluding steroid dienone is 5. The van der Waals surface area contributed by atoms with E-state index in [0.29, 0.717) is 0 Å². The van der Waals surface area contributed by atoms with Crippen molar-refractivity contribution in [2.24, 2.45) is 0 Å². The van der Waals surface area contributed by atoms with E-state index in [1.165, 1.54) is 56.1 Å². The zero-order valence-electron chi connectivity index (χ0n) is 15.7. The topological polar surface area (TPSA) is 12.0 Å². The van der Waals surface area contributed by atoms with Crippen LogP contribution in [0.25, 0.3) is 0 Å². The zero-order valence-corrected chi connectivity index (χ0v) is 15.7. The van der Waals surface area contributed by atoms with Crippen LogP contribution in [0.3, 0.4) is 0 Å². The average molecular weight is 318 g/mol. The van der Waals surface area contributed by atoms with Gasteiger partial charge in [0.2, 0.25) is 0 Å². The summed E-state index contributed by atoms with van der Waals surface area (Å²) in [6, 6.07) is 0. The lowest BCUT2D eigenvalue weighted by Crippen LogP contribution is -2.06. The van der Waals surface area contributed by atoms with Gasteiger partial charge in [-0.15, -0.1) is 0 Å². The van der Waals surface area contributed by atoms with Crippen molar-refractivity contribution in [3.8, 4) is 0 Å². The molecule has 132 valence electrons. The molecule has 1 N–H and O–H groups in total. The second kappa shape index (κ2) is 17.1. The van der Waals surface area contributed by atoms with Crippen molar-refractivity contribution in [2.75, 3.05) is 6.54 Å². The van der Waals surface area contributed by atoms with Gasteiger partial charge in [-0.3, -0.25) is 0 Å². The highest BCUT2D eigenvalue weighted by Crippen LogP contribution is 2.19. The Hall–Kier alpha value is -1.24. The third-order valence-corrected chi connectivity index (χ3v) is 3.99. The summed E-state index contributed by atoms with van der Waals surface area (Å²) in [5.74, 6) is 0. The van der Waals surface area contributed by atoms with E-state index in [0.717, 1.165) is 32.2 Å². The largest absolute Gasteiger partial charge is 0.391 e. The molecule has 0 aliphatic heterocycles. The fourth-order valence-corrected chi connectivity index (χ4v) is 2.35. The van der Waals surface area contributed by atoms with Crippen LogP contribution < -0.4 is 5.32 Å². The first-order chi connectivity index (χ1) is 11.2. The molecule has 0 amide bonds. The fourth-order valence-electron chi connectivity index (χ4n) is 2.35. The maximum atomic E-state index is 4.18. The second-order valence-electron chi connectivity index (χ2n) is 6.32. The van der Waals surface area contributed by atoms with Crippen LogP contribution in [0.15, 0.2) is 48.7 Å². The Balaban J connectivity index is 3.44. The smallest absolute Gasteiger partial charge is 0.0141 e. The molecule has 0 bridgehead atoms. The lowest BCUT2D eigenvalue weighted by molar-refractivity contribution is 0.680. The fraction of sp³-hybridized carbons (Fsp3) is 0.636. The molecule has 0 saturated heterocycles. The Kier molecular flexibility index (Phi) is 16.2. The van der Waals surface area contributed by atoms with Gasteiger partial charge in [0.1, 0.15) is 0 Å². The number of nitrogens with one attached hydrogen (secondary N) is 1. The van der Waals surface area contributed by atoms with Gasteiger partial charge < -0.3 is 5.32 Å². The van der Waals surface area contributed by atoms with Crippen LogP contribution in [0.4, 0.5) is 0 Å². The molecular formula is C22H39N. The second-order valence-corrected chi connectivity index (χ2v) is 6.32. The molecule has 0 aromatic carbocycles. The molecule has 1 nitrogen and oxygen atoms in total. The van der Waals surface area contributed by atoms with E-state index < -0.39 is 0 Å². The van der Waals surface area contributed by atoms with Crippen LogP contribution in [-0.4, -0.2) is 6.54 Å². The Morgan fingerprint density at radius 1 is 0.739 bits per heavy atom. The first-order valence-corrected chi connectivity index (χ1v) is 9.61. The summed E-state index contributed by atoms with van der Waals surface area (Å²) in [6.07, 6.45) is 22.1. The lowest BCUT2D eigenvalue weighted by Gasteiger charge is -2.09. The highest BCUT2D eigenvalue weighted by atomic mass is 14.8. The van der Waals surface area contributed by atoms with Crippen LogP contribution in [0.2, 0.25) is 0 Å². The lowest BCUT2D eigenvalue weighted by atomic mass is 9.98. The van der Waals surface area contributed by atoms with Crippen LogP contribution in [0.1, 0.15) is 84.5 Å². The van der Waals surface area contributed by atoms with Crippen molar-refractivity contribution in [3.63, 3.8) is 0 Å². The quantitative estimate of drug-likeness (QED) is 0.182. The summed E-state index contributed by atoms with van der Waals surface area (Å²) >= 11 is 0. The Morgan fingerprint density at radius 3 is 2.00 bits per heavy atom. The van der Waals surface area contributed by atoms with Crippen molar-refractivity contribution < 1.29 is 0 Å². The van der Waals surface area contributed by atoms with Crippen LogP contribution in [0.5, 0.6) is 0 Å². The van der Waals surface area contributed by atoms with Crippen LogP contribution in [0, 0.1) is 0 Å². The van der Waals surface area contributed by atoms with Crippen molar-refractivity contribution in [1.29, 1.82) is 0 Å². The first kappa shape index (κ1) is 21.8. The summed E-state index contributed by atoms with van der Waals surface area (Å²) in [4.78, 5) is 0. The standard InChI is InChI=1S/C22H39N/c1-5-7-9-10-11-12-15-19-23-20-16-14-18-22(4)21(3)17-13-8-6-2/h9-10,15,19,23H,3-8,11-14,16-18,20H2,1-2H3/b10-9-,19-15-. The molecule has 0 aromatic rings. The first-order valence-electron chi connectivity index (χ1n) is 9.61. The summed E-state index contributed by atoms with van der Waals surface area (Å²) in [5, 5.41) is 3.38. The molecule has 0 unspecified atom stereocenters. The number of unbranched alkanes of at least 4 members (excludes halogenated alkanes) is 5. The summed E-state index contributed by atoms with van der Waals surface area (Å²) < 4.78 is 0. The van der Waals surface area contributed by atoms with Crippen LogP contribution >= 0.6 is 0 Å². The molecular weight excluding hydrogens is 278 g/mol. The van der Waals surface area contributed by atoms with E-state index >= 15 is 0 Å². The van der Waals surface area contributed by atoms with Crippen molar-refractivity contribution in [1.82, 2.24) is 5.32 Å². The summed E-state index contributed by atoms with van der Waals surface area (Å²) in [5.41, 5.74) is 2.53. The number of rotatable bonds is 16. The predicted octanol–water partition coefficient (Wildman–Crippen LogP) is 7.09. The maximum Gasteiger partial charge on any atom is 0.0141 e. The van der Waals surface area contributed by atoms with Gasteiger partial charge >= 0.3 is 0 Å². The molecule has 0 radical (unpaired) electrons. The maximum absolute atomic E-state index is 4.18. The molecule has 1 heteroatoms. The Labute approximate surface area is 145 Å². The molecule has 0 rings (SSSR count). The normalized spacial score (nSPS) is 11.4. The monoisotopic (exact) mass is 317 g/mol. The summed E-state index contributed by atoms with van der Waals surface area (Å²) in [6.45, 7) is 13.9. The average Bonchev–Trinajstić information content (AvgIpc) is 2.55. The highest BCUT2D eigenvalue weighted by molar-refractivity contribution is 5.24.